The molecule has 0 saturated carbocycles. The number of nitrogens with zero attached hydrogens (tertiary/aromatic N) is 1. The number of nitrogens with one attached hydrogen (secondary N) is 2. The van der Waals surface area contributed by atoms with Crippen LogP contribution < -0.4 is 10.6 Å². The van der Waals surface area contributed by atoms with Crippen LogP contribution in [0.3, 0.4) is 0 Å². The highest BCUT2D eigenvalue weighted by molar-refractivity contribution is 6.08. The zero-order valence-electron chi connectivity index (χ0n) is 23.2. The van der Waals surface area contributed by atoms with Crippen LogP contribution in [0.1, 0.15) is 44.8 Å². The van der Waals surface area contributed by atoms with E-state index in [1.165, 1.54) is 12.1 Å². The molecular weight excluding hydrogens is 555 g/mol. The van der Waals surface area contributed by atoms with Gasteiger partial charge in [-0.2, -0.15) is 13.2 Å². The molecule has 43 heavy (non-hydrogen) atoms. The van der Waals surface area contributed by atoms with E-state index < -0.39 is 17.6 Å². The third-order valence-electron chi connectivity index (χ3n) is 6.88. The summed E-state index contributed by atoms with van der Waals surface area (Å²) in [5.41, 5.74) is 2.45. The van der Waals surface area contributed by atoms with Gasteiger partial charge in [0.15, 0.2) is 0 Å². The van der Waals surface area contributed by atoms with Gasteiger partial charge in [0.1, 0.15) is 5.82 Å². The van der Waals surface area contributed by atoms with Crippen LogP contribution in [0, 0.1) is 0 Å². The molecule has 4 aromatic carbocycles. The zero-order chi connectivity index (χ0) is 30.4. The van der Waals surface area contributed by atoms with Gasteiger partial charge in [0.05, 0.1) is 23.7 Å². The number of benzene rings is 4. The van der Waals surface area contributed by atoms with Crippen LogP contribution in [0.4, 0.5) is 19.0 Å². The van der Waals surface area contributed by atoms with Gasteiger partial charge in [-0.05, 0) is 72.1 Å². The van der Waals surface area contributed by atoms with Crippen molar-refractivity contribution < 1.29 is 27.5 Å². The number of hydrogen-bond acceptors (Lipinski definition) is 4. The van der Waals surface area contributed by atoms with Gasteiger partial charge in [-0.1, -0.05) is 60.7 Å². The smallest absolute Gasteiger partial charge is 0.379 e. The van der Waals surface area contributed by atoms with Crippen LogP contribution in [-0.4, -0.2) is 30.0 Å². The van der Waals surface area contributed by atoms with Gasteiger partial charge in [0.2, 0.25) is 0 Å². The van der Waals surface area contributed by atoms with E-state index >= 15 is 0 Å². The van der Waals surface area contributed by atoms with Crippen molar-refractivity contribution in [2.24, 2.45) is 0 Å². The average Bonchev–Trinajstić information content (AvgIpc) is 3.02. The van der Waals surface area contributed by atoms with Crippen molar-refractivity contribution in [2.45, 2.75) is 19.1 Å². The Balaban J connectivity index is 1.32. The Hall–Kier alpha value is -5.02. The second kappa shape index (κ2) is 12.9. The van der Waals surface area contributed by atoms with Gasteiger partial charge in [-0.15, -0.1) is 0 Å². The van der Waals surface area contributed by atoms with Gasteiger partial charge < -0.3 is 15.4 Å². The Labute approximate surface area is 246 Å². The number of alkyl halides is 3. The second-order valence-corrected chi connectivity index (χ2v) is 9.77. The number of carbonyl (C=O) groups is 2. The summed E-state index contributed by atoms with van der Waals surface area (Å²) >= 11 is 0. The number of aromatic nitrogens is 1. The van der Waals surface area contributed by atoms with E-state index in [4.69, 9.17) is 4.74 Å². The lowest BCUT2D eigenvalue weighted by atomic mass is 9.98. The molecule has 0 fully saturated rings. The number of rotatable bonds is 9. The molecule has 5 rings (SSSR count). The fraction of sp³-hybridized carbons (Fsp3) is 0.147. The van der Waals surface area contributed by atoms with Crippen molar-refractivity contribution >= 4 is 28.5 Å². The highest BCUT2D eigenvalue weighted by Gasteiger charge is 2.30. The number of hydrogen-bond donors (Lipinski definition) is 2. The minimum Gasteiger partial charge on any atom is -0.379 e. The lowest BCUT2D eigenvalue weighted by Gasteiger charge is -2.19. The van der Waals surface area contributed by atoms with Gasteiger partial charge in [0.25, 0.3) is 11.8 Å². The van der Waals surface area contributed by atoms with E-state index in [0.29, 0.717) is 40.8 Å². The SMILES string of the molecule is CCOC[C@@H](NC(=O)c1ccc2nc(NC(=O)c3ccccc3-c3ccc(C(F)(F)F)cc3)ccc2c1)c1ccccc1. The Morgan fingerprint density at radius 3 is 2.28 bits per heavy atom. The number of halogens is 3. The minimum absolute atomic E-state index is 0.257. The minimum atomic E-state index is -4.45. The summed E-state index contributed by atoms with van der Waals surface area (Å²) in [6, 6.07) is 29.1. The molecule has 5 aromatic rings. The summed E-state index contributed by atoms with van der Waals surface area (Å²) in [7, 11) is 0. The molecule has 0 aliphatic carbocycles. The third-order valence-corrected chi connectivity index (χ3v) is 6.88. The van der Waals surface area contributed by atoms with Crippen molar-refractivity contribution in [3.05, 3.63) is 131 Å². The van der Waals surface area contributed by atoms with E-state index in [-0.39, 0.29) is 23.3 Å². The van der Waals surface area contributed by atoms with Gasteiger partial charge in [0, 0.05) is 23.1 Å². The van der Waals surface area contributed by atoms with Crippen molar-refractivity contribution in [2.75, 3.05) is 18.5 Å². The monoisotopic (exact) mass is 583 g/mol. The number of ether oxygens (including phenoxy) is 1. The highest BCUT2D eigenvalue weighted by atomic mass is 19.4. The number of fused-ring (bicyclic) bond motifs is 1. The molecule has 0 bridgehead atoms. The molecule has 0 spiro atoms. The van der Waals surface area contributed by atoms with Gasteiger partial charge >= 0.3 is 6.18 Å². The summed E-state index contributed by atoms with van der Waals surface area (Å²) in [6.07, 6.45) is -4.45. The molecule has 9 heteroatoms. The highest BCUT2D eigenvalue weighted by Crippen LogP contribution is 2.32. The largest absolute Gasteiger partial charge is 0.416 e. The first-order chi connectivity index (χ1) is 20.7. The standard InChI is InChI=1S/C34H28F3N3O3/c1-2-43-21-30(23-8-4-3-5-9-23)39-32(41)25-14-18-29-24(20-25)15-19-31(38-29)40-33(42)28-11-7-6-10-27(28)22-12-16-26(17-13-22)34(35,36)37/h3-20,30H,2,21H2,1H3,(H,39,41)(H,38,40,42)/t30-/m1/s1. The van der Waals surface area contributed by atoms with E-state index in [1.807, 2.05) is 37.3 Å². The fourth-order valence-corrected chi connectivity index (χ4v) is 4.68. The maximum absolute atomic E-state index is 13.2. The molecule has 0 aliphatic heterocycles. The van der Waals surface area contributed by atoms with Crippen molar-refractivity contribution in [1.29, 1.82) is 0 Å². The molecule has 0 saturated heterocycles. The van der Waals surface area contributed by atoms with E-state index in [0.717, 1.165) is 17.7 Å². The summed E-state index contributed by atoms with van der Waals surface area (Å²) in [5, 5.41) is 6.52. The Kier molecular flexibility index (Phi) is 8.82. The molecular formula is C34H28F3N3O3. The topological polar surface area (TPSA) is 80.3 Å². The van der Waals surface area contributed by atoms with Crippen molar-refractivity contribution in [3.63, 3.8) is 0 Å². The van der Waals surface area contributed by atoms with Gasteiger partial charge in [-0.25, -0.2) is 4.98 Å². The number of amides is 2. The van der Waals surface area contributed by atoms with Crippen LogP contribution in [-0.2, 0) is 10.9 Å². The van der Waals surface area contributed by atoms with Gasteiger partial charge in [-0.3, -0.25) is 9.59 Å². The fourth-order valence-electron chi connectivity index (χ4n) is 4.68. The molecule has 1 atom stereocenters. The molecule has 1 aromatic heterocycles. The summed E-state index contributed by atoms with van der Waals surface area (Å²) in [5.74, 6) is -0.426. The Morgan fingerprint density at radius 1 is 0.837 bits per heavy atom. The van der Waals surface area contributed by atoms with E-state index in [2.05, 4.69) is 15.6 Å². The first kappa shape index (κ1) is 29.5. The average molecular weight is 584 g/mol. The second-order valence-electron chi connectivity index (χ2n) is 9.77. The Morgan fingerprint density at radius 2 is 1.56 bits per heavy atom. The quantitative estimate of drug-likeness (QED) is 0.187. The molecule has 2 amide bonds. The molecule has 2 N–H and O–H groups in total. The van der Waals surface area contributed by atoms with Crippen molar-refractivity contribution in [1.82, 2.24) is 10.3 Å². The van der Waals surface area contributed by atoms with Crippen LogP contribution in [0.25, 0.3) is 22.0 Å². The predicted octanol–water partition coefficient (Wildman–Crippen LogP) is 7.68. The Bertz CT molecular complexity index is 1740. The number of carbonyl (C=O) groups excluding carboxylic acids is 2. The number of anilines is 1. The first-order valence-corrected chi connectivity index (χ1v) is 13.7. The molecule has 0 radical (unpaired) electrons. The summed E-state index contributed by atoms with van der Waals surface area (Å²) in [6.45, 7) is 2.77. The molecule has 218 valence electrons. The lowest BCUT2D eigenvalue weighted by Crippen LogP contribution is -2.31. The third kappa shape index (κ3) is 7.07. The predicted molar refractivity (Wildman–Crippen MR) is 160 cm³/mol. The molecule has 6 nitrogen and oxygen atoms in total. The first-order valence-electron chi connectivity index (χ1n) is 13.7. The number of pyridine rings is 1. The van der Waals surface area contributed by atoms with Crippen LogP contribution in [0.5, 0.6) is 0 Å². The maximum atomic E-state index is 13.2. The normalized spacial score (nSPS) is 12.1. The van der Waals surface area contributed by atoms with Crippen LogP contribution in [0.2, 0.25) is 0 Å². The zero-order valence-corrected chi connectivity index (χ0v) is 23.2. The van der Waals surface area contributed by atoms with Crippen molar-refractivity contribution in [3.8, 4) is 11.1 Å². The van der Waals surface area contributed by atoms with Crippen LogP contribution >= 0.6 is 0 Å². The summed E-state index contributed by atoms with van der Waals surface area (Å²) in [4.78, 5) is 30.9. The maximum Gasteiger partial charge on any atom is 0.416 e. The van der Waals surface area contributed by atoms with Crippen LogP contribution in [0.15, 0.2) is 109 Å². The lowest BCUT2D eigenvalue weighted by molar-refractivity contribution is -0.137. The molecule has 1 heterocycles. The molecule has 0 aliphatic rings. The van der Waals surface area contributed by atoms with E-state index in [1.54, 1.807) is 54.6 Å². The molecule has 0 unspecified atom stereocenters. The van der Waals surface area contributed by atoms with E-state index in [9.17, 15) is 22.8 Å². The summed E-state index contributed by atoms with van der Waals surface area (Å²) < 4.78 is 44.6.